The highest BCUT2D eigenvalue weighted by molar-refractivity contribution is 6.06. The number of aryl methyl sites for hydroxylation is 1. The highest BCUT2D eigenvalue weighted by atomic mass is 16.5. The van der Waals surface area contributed by atoms with Gasteiger partial charge in [-0.25, -0.2) is 0 Å². The van der Waals surface area contributed by atoms with Crippen molar-refractivity contribution in [3.63, 3.8) is 0 Å². The van der Waals surface area contributed by atoms with Gasteiger partial charge in [-0.15, -0.1) is 0 Å². The van der Waals surface area contributed by atoms with Gasteiger partial charge in [0.25, 0.3) is 0 Å². The van der Waals surface area contributed by atoms with Crippen LogP contribution in [0.25, 0.3) is 0 Å². The number of carbonyl (C=O) groups excluding carboxylic acids is 2. The highest BCUT2D eigenvalue weighted by Crippen LogP contribution is 2.57. The molecule has 3 aromatic carbocycles. The fourth-order valence-corrected chi connectivity index (χ4v) is 5.43. The minimum Gasteiger partial charge on any atom is -0.497 e. The van der Waals surface area contributed by atoms with E-state index in [9.17, 15) is 9.59 Å². The van der Waals surface area contributed by atoms with Crippen LogP contribution in [0.3, 0.4) is 0 Å². The molecular weight excluding hydrogens is 430 g/mol. The van der Waals surface area contributed by atoms with E-state index in [2.05, 4.69) is 5.32 Å². The van der Waals surface area contributed by atoms with Gasteiger partial charge in [0.1, 0.15) is 24.1 Å². The predicted molar refractivity (Wildman–Crippen MR) is 127 cm³/mol. The molecule has 1 spiro atoms. The van der Waals surface area contributed by atoms with Crippen molar-refractivity contribution in [1.29, 1.82) is 0 Å². The monoisotopic (exact) mass is 457 g/mol. The van der Waals surface area contributed by atoms with Gasteiger partial charge in [0.15, 0.2) is 5.78 Å². The first-order valence-corrected chi connectivity index (χ1v) is 11.3. The Morgan fingerprint density at radius 1 is 0.971 bits per heavy atom. The second-order valence-electron chi connectivity index (χ2n) is 8.92. The molecule has 1 fully saturated rings. The van der Waals surface area contributed by atoms with Gasteiger partial charge in [0, 0.05) is 12.0 Å². The molecule has 0 unspecified atom stereocenters. The lowest BCUT2D eigenvalue weighted by molar-refractivity contribution is -0.143. The van der Waals surface area contributed by atoms with Crippen LogP contribution < -0.4 is 14.8 Å². The van der Waals surface area contributed by atoms with Crippen molar-refractivity contribution in [3.8, 4) is 11.5 Å². The topological polar surface area (TPSA) is 73.9 Å². The molecule has 2 aliphatic heterocycles. The maximum absolute atomic E-state index is 14.4. The Labute approximate surface area is 198 Å². The van der Waals surface area contributed by atoms with Crippen LogP contribution in [0.2, 0.25) is 0 Å². The van der Waals surface area contributed by atoms with Crippen LogP contribution in [-0.2, 0) is 9.53 Å². The lowest BCUT2D eigenvalue weighted by Crippen LogP contribution is -2.48. The van der Waals surface area contributed by atoms with E-state index in [0.717, 1.165) is 16.7 Å². The molecule has 0 saturated carbocycles. The number of carbonyl (C=O) groups is 2. The average molecular weight is 458 g/mol. The predicted octanol–water partition coefficient (Wildman–Crippen LogP) is 4.24. The number of para-hydroxylation sites is 1. The van der Waals surface area contributed by atoms with Gasteiger partial charge < -0.3 is 14.2 Å². The van der Waals surface area contributed by atoms with Crippen LogP contribution in [0, 0.1) is 12.3 Å². The summed E-state index contributed by atoms with van der Waals surface area (Å²) >= 11 is 0. The van der Waals surface area contributed by atoms with Crippen molar-refractivity contribution in [1.82, 2.24) is 5.32 Å². The Bertz CT molecular complexity index is 1220. The lowest BCUT2D eigenvalue weighted by Gasteiger charge is -2.41. The summed E-state index contributed by atoms with van der Waals surface area (Å²) in [6.45, 7) is 2.15. The van der Waals surface area contributed by atoms with Crippen LogP contribution in [-0.4, -0.2) is 38.6 Å². The molecule has 1 saturated heterocycles. The molecule has 2 aliphatic rings. The normalized spacial score (nSPS) is 25.5. The molecule has 34 heavy (non-hydrogen) atoms. The zero-order chi connectivity index (χ0) is 23.9. The fraction of sp³-hybridized carbons (Fsp3) is 0.286. The average Bonchev–Trinajstić information content (AvgIpc) is 3.22. The SMILES string of the molecule is COC(=O)[C@H]1N[C@@H](c2ccc(OC)cc2)[C@]2(COc3ccccc3C2=O)[C@@H]1c1ccc(C)cc1. The number of rotatable bonds is 4. The zero-order valence-electron chi connectivity index (χ0n) is 19.4. The quantitative estimate of drug-likeness (QED) is 0.591. The largest absolute Gasteiger partial charge is 0.497 e. The maximum atomic E-state index is 14.4. The minimum atomic E-state index is -1.06. The Balaban J connectivity index is 1.73. The van der Waals surface area contributed by atoms with Crippen LogP contribution in [0.5, 0.6) is 11.5 Å². The molecule has 0 aliphatic carbocycles. The Hall–Kier alpha value is -3.64. The van der Waals surface area contributed by atoms with Gasteiger partial charge >= 0.3 is 5.97 Å². The molecule has 3 aromatic rings. The number of esters is 1. The summed E-state index contributed by atoms with van der Waals surface area (Å²) in [7, 11) is 2.98. The molecule has 1 N–H and O–H groups in total. The molecule has 0 amide bonds. The summed E-state index contributed by atoms with van der Waals surface area (Å²) in [4.78, 5) is 27.4. The highest BCUT2D eigenvalue weighted by Gasteiger charge is 2.64. The Morgan fingerprint density at radius 2 is 1.65 bits per heavy atom. The van der Waals surface area contributed by atoms with Crippen LogP contribution >= 0.6 is 0 Å². The van der Waals surface area contributed by atoms with E-state index >= 15 is 0 Å². The lowest BCUT2D eigenvalue weighted by atomic mass is 9.62. The standard InChI is InChI=1S/C28H27NO5/c1-17-8-10-18(11-9-17)23-24(27(31)33-3)29-25(19-12-14-20(32-2)15-13-19)28(23)16-34-22-7-5-4-6-21(22)26(28)30/h4-15,23-25,29H,16H2,1-3H3/t23-,24+,25+,28+/m1/s1. The number of Topliss-reactive ketones (excluding diaryl/α,β-unsaturated/α-hetero) is 1. The van der Waals surface area contributed by atoms with Crippen molar-refractivity contribution >= 4 is 11.8 Å². The van der Waals surface area contributed by atoms with Crippen molar-refractivity contribution < 1.29 is 23.8 Å². The number of hydrogen-bond donors (Lipinski definition) is 1. The molecule has 0 aromatic heterocycles. The van der Waals surface area contributed by atoms with Gasteiger partial charge in [0.05, 0.1) is 25.2 Å². The van der Waals surface area contributed by atoms with E-state index in [-0.39, 0.29) is 12.4 Å². The first-order valence-electron chi connectivity index (χ1n) is 11.3. The van der Waals surface area contributed by atoms with Crippen molar-refractivity contribution in [2.24, 2.45) is 5.41 Å². The number of fused-ring (bicyclic) bond motifs is 1. The number of hydrogen-bond acceptors (Lipinski definition) is 6. The first kappa shape index (κ1) is 22.2. The molecule has 2 heterocycles. The number of ether oxygens (including phenoxy) is 3. The van der Waals surface area contributed by atoms with Crippen LogP contribution in [0.4, 0.5) is 0 Å². The van der Waals surface area contributed by atoms with Crippen molar-refractivity contribution in [2.45, 2.75) is 24.9 Å². The number of nitrogens with one attached hydrogen (secondary N) is 1. The number of methoxy groups -OCH3 is 2. The Kier molecular flexibility index (Phi) is 5.62. The molecule has 0 bridgehead atoms. The summed E-state index contributed by atoms with van der Waals surface area (Å²) in [5, 5.41) is 3.46. The van der Waals surface area contributed by atoms with E-state index in [1.807, 2.05) is 73.7 Å². The summed E-state index contributed by atoms with van der Waals surface area (Å²) in [6, 6.07) is 21.6. The van der Waals surface area contributed by atoms with E-state index in [0.29, 0.717) is 17.1 Å². The third-order valence-electron chi connectivity index (χ3n) is 7.11. The first-order chi connectivity index (χ1) is 16.5. The van der Waals surface area contributed by atoms with Gasteiger partial charge in [-0.05, 0) is 42.3 Å². The number of benzene rings is 3. The van der Waals surface area contributed by atoms with E-state index < -0.39 is 29.4 Å². The minimum absolute atomic E-state index is 0.0420. The van der Waals surface area contributed by atoms with Gasteiger partial charge in [-0.1, -0.05) is 54.1 Å². The molecule has 5 rings (SSSR count). The molecule has 6 heteroatoms. The summed E-state index contributed by atoms with van der Waals surface area (Å²) in [5.74, 6) is 0.337. The van der Waals surface area contributed by atoms with E-state index in [4.69, 9.17) is 14.2 Å². The summed E-state index contributed by atoms with van der Waals surface area (Å²) in [5.41, 5.74) is 2.33. The molecule has 0 radical (unpaired) electrons. The van der Waals surface area contributed by atoms with Crippen LogP contribution in [0.1, 0.15) is 39.0 Å². The maximum Gasteiger partial charge on any atom is 0.323 e. The summed E-state index contributed by atoms with van der Waals surface area (Å²) < 4.78 is 16.8. The van der Waals surface area contributed by atoms with Crippen LogP contribution in [0.15, 0.2) is 72.8 Å². The molecule has 4 atom stereocenters. The van der Waals surface area contributed by atoms with Gasteiger partial charge in [-0.3, -0.25) is 14.9 Å². The van der Waals surface area contributed by atoms with Crippen molar-refractivity contribution in [3.05, 3.63) is 95.1 Å². The van der Waals surface area contributed by atoms with Gasteiger partial charge in [-0.2, -0.15) is 0 Å². The van der Waals surface area contributed by atoms with E-state index in [1.165, 1.54) is 7.11 Å². The second kappa shape index (κ2) is 8.61. The fourth-order valence-electron chi connectivity index (χ4n) is 5.43. The van der Waals surface area contributed by atoms with Crippen molar-refractivity contribution in [2.75, 3.05) is 20.8 Å². The third-order valence-corrected chi connectivity index (χ3v) is 7.11. The Morgan fingerprint density at radius 3 is 2.32 bits per heavy atom. The number of ketones is 1. The zero-order valence-corrected chi connectivity index (χ0v) is 19.4. The van der Waals surface area contributed by atoms with E-state index in [1.54, 1.807) is 13.2 Å². The second-order valence-corrected chi connectivity index (χ2v) is 8.92. The smallest absolute Gasteiger partial charge is 0.323 e. The summed E-state index contributed by atoms with van der Waals surface area (Å²) in [6.07, 6.45) is 0. The molecular formula is C28H27NO5. The third kappa shape index (κ3) is 3.37. The molecule has 6 nitrogen and oxygen atoms in total. The molecule has 174 valence electrons. The van der Waals surface area contributed by atoms with Gasteiger partial charge in [0.2, 0.25) is 0 Å².